The molecule has 11 heteroatoms. The molecule has 1 N–H and O–H groups in total. The minimum Gasteiger partial charge on any atom is -0.345 e. The zero-order valence-corrected chi connectivity index (χ0v) is 12.6. The van der Waals surface area contributed by atoms with Crippen molar-refractivity contribution in [1.29, 1.82) is 0 Å². The Labute approximate surface area is 135 Å². The topological polar surface area (TPSA) is 154 Å². The molecule has 24 heavy (non-hydrogen) atoms. The van der Waals surface area contributed by atoms with E-state index in [-0.39, 0.29) is 17.9 Å². The standard InChI is InChI=1S/C13H13N5O6/c1-2-3-12-15-11(16-24-12)7-14-13(19)8-4-9(17(20)21)6-10(5-8)18(22)23/h4-6H,2-3,7H2,1H3,(H,14,19). The number of hydrogen-bond donors (Lipinski definition) is 1. The highest BCUT2D eigenvalue weighted by Gasteiger charge is 2.20. The summed E-state index contributed by atoms with van der Waals surface area (Å²) in [6, 6.07) is 2.70. The molecule has 0 aliphatic rings. The van der Waals surface area contributed by atoms with Crippen molar-refractivity contribution in [3.63, 3.8) is 0 Å². The maximum atomic E-state index is 12.1. The SMILES string of the molecule is CCCc1nc(CNC(=O)c2cc([N+](=O)[O-])cc([N+](=O)[O-])c2)no1. The number of non-ortho nitro benzene ring substituents is 2. The number of aromatic nitrogens is 2. The van der Waals surface area contributed by atoms with Crippen LogP contribution >= 0.6 is 0 Å². The molecule has 0 atom stereocenters. The first-order valence-corrected chi connectivity index (χ1v) is 6.94. The van der Waals surface area contributed by atoms with Gasteiger partial charge in [0.05, 0.1) is 28.0 Å². The lowest BCUT2D eigenvalue weighted by molar-refractivity contribution is -0.394. The molecule has 2 aromatic rings. The van der Waals surface area contributed by atoms with Gasteiger partial charge in [-0.2, -0.15) is 4.98 Å². The van der Waals surface area contributed by atoms with Crippen LogP contribution in [0, 0.1) is 20.2 Å². The van der Waals surface area contributed by atoms with Gasteiger partial charge in [0.1, 0.15) is 0 Å². The largest absolute Gasteiger partial charge is 0.345 e. The Morgan fingerprint density at radius 1 is 1.21 bits per heavy atom. The van der Waals surface area contributed by atoms with Gasteiger partial charge >= 0.3 is 0 Å². The second kappa shape index (κ2) is 7.26. The van der Waals surface area contributed by atoms with Gasteiger partial charge in [-0.05, 0) is 6.42 Å². The van der Waals surface area contributed by atoms with E-state index in [1.54, 1.807) is 0 Å². The van der Waals surface area contributed by atoms with Crippen LogP contribution in [0.15, 0.2) is 22.7 Å². The van der Waals surface area contributed by atoms with Gasteiger partial charge in [0.15, 0.2) is 5.82 Å². The van der Waals surface area contributed by atoms with Crippen LogP contribution < -0.4 is 5.32 Å². The van der Waals surface area contributed by atoms with Crippen LogP contribution in [0.2, 0.25) is 0 Å². The summed E-state index contributed by atoms with van der Waals surface area (Å²) in [6.45, 7) is 1.88. The monoisotopic (exact) mass is 335 g/mol. The number of aryl methyl sites for hydroxylation is 1. The number of nitro groups is 2. The number of nitro benzene ring substituents is 2. The van der Waals surface area contributed by atoms with Crippen molar-refractivity contribution >= 4 is 17.3 Å². The normalized spacial score (nSPS) is 10.4. The van der Waals surface area contributed by atoms with E-state index in [0.29, 0.717) is 12.3 Å². The third kappa shape index (κ3) is 4.09. The van der Waals surface area contributed by atoms with Crippen LogP contribution in [0.4, 0.5) is 11.4 Å². The number of rotatable bonds is 7. The van der Waals surface area contributed by atoms with E-state index in [2.05, 4.69) is 15.5 Å². The van der Waals surface area contributed by atoms with E-state index >= 15 is 0 Å². The molecule has 0 saturated carbocycles. The van der Waals surface area contributed by atoms with Gasteiger partial charge < -0.3 is 9.84 Å². The lowest BCUT2D eigenvalue weighted by atomic mass is 10.1. The average molecular weight is 335 g/mol. The number of carbonyl (C=O) groups excluding carboxylic acids is 1. The molecule has 0 aliphatic heterocycles. The third-order valence-corrected chi connectivity index (χ3v) is 2.97. The van der Waals surface area contributed by atoms with E-state index in [4.69, 9.17) is 4.52 Å². The minimum atomic E-state index is -0.806. The van der Waals surface area contributed by atoms with Gasteiger partial charge in [0.2, 0.25) is 5.89 Å². The first-order valence-electron chi connectivity index (χ1n) is 6.94. The van der Waals surface area contributed by atoms with Crippen LogP contribution in [0.1, 0.15) is 35.4 Å². The maximum absolute atomic E-state index is 12.1. The van der Waals surface area contributed by atoms with Crippen LogP contribution in [0.3, 0.4) is 0 Å². The van der Waals surface area contributed by atoms with E-state index in [1.807, 2.05) is 6.92 Å². The highest BCUT2D eigenvalue weighted by atomic mass is 16.6. The van der Waals surface area contributed by atoms with Crippen LogP contribution in [-0.2, 0) is 13.0 Å². The number of nitrogens with zero attached hydrogens (tertiary/aromatic N) is 4. The van der Waals surface area contributed by atoms with Gasteiger partial charge in [-0.3, -0.25) is 25.0 Å². The summed E-state index contributed by atoms with van der Waals surface area (Å²) in [4.78, 5) is 36.1. The highest BCUT2D eigenvalue weighted by Crippen LogP contribution is 2.22. The smallest absolute Gasteiger partial charge is 0.277 e. The summed E-state index contributed by atoms with van der Waals surface area (Å²) >= 11 is 0. The van der Waals surface area contributed by atoms with Gasteiger partial charge in [0.25, 0.3) is 17.3 Å². The molecule has 1 aromatic heterocycles. The second-order valence-corrected chi connectivity index (χ2v) is 4.79. The number of benzene rings is 1. The fraction of sp³-hybridized carbons (Fsp3) is 0.308. The van der Waals surface area contributed by atoms with Crippen molar-refractivity contribution in [3.8, 4) is 0 Å². The fourth-order valence-corrected chi connectivity index (χ4v) is 1.88. The van der Waals surface area contributed by atoms with E-state index < -0.39 is 27.1 Å². The number of amides is 1. The molecule has 1 heterocycles. The van der Waals surface area contributed by atoms with Crippen molar-refractivity contribution in [2.75, 3.05) is 0 Å². The number of hydrogen-bond acceptors (Lipinski definition) is 8. The molecule has 2 rings (SSSR count). The molecular weight excluding hydrogens is 322 g/mol. The van der Waals surface area contributed by atoms with Crippen molar-refractivity contribution in [1.82, 2.24) is 15.5 Å². The van der Waals surface area contributed by atoms with Crippen LogP contribution in [0.25, 0.3) is 0 Å². The fourth-order valence-electron chi connectivity index (χ4n) is 1.88. The summed E-state index contributed by atoms with van der Waals surface area (Å²) in [5.74, 6) is -0.0388. The second-order valence-electron chi connectivity index (χ2n) is 4.79. The minimum absolute atomic E-state index is 0.0669. The zero-order chi connectivity index (χ0) is 17.7. The quantitative estimate of drug-likeness (QED) is 0.593. The van der Waals surface area contributed by atoms with Crippen LogP contribution in [0.5, 0.6) is 0 Å². The summed E-state index contributed by atoms with van der Waals surface area (Å²) in [7, 11) is 0. The van der Waals surface area contributed by atoms with E-state index in [0.717, 1.165) is 24.6 Å². The molecule has 0 fully saturated rings. The maximum Gasteiger partial charge on any atom is 0.277 e. The molecule has 126 valence electrons. The molecule has 11 nitrogen and oxygen atoms in total. The predicted octanol–water partition coefficient (Wildman–Crippen LogP) is 1.77. The lowest BCUT2D eigenvalue weighted by Gasteiger charge is -2.03. The average Bonchev–Trinajstić information content (AvgIpc) is 3.00. The Bertz CT molecular complexity index is 755. The van der Waals surface area contributed by atoms with E-state index in [1.165, 1.54) is 0 Å². The molecule has 1 amide bonds. The Morgan fingerprint density at radius 2 is 1.83 bits per heavy atom. The number of carbonyl (C=O) groups is 1. The molecule has 0 radical (unpaired) electrons. The van der Waals surface area contributed by atoms with Crippen LogP contribution in [-0.4, -0.2) is 25.9 Å². The summed E-state index contributed by atoms with van der Waals surface area (Å²) in [6.07, 6.45) is 1.43. The van der Waals surface area contributed by atoms with Gasteiger partial charge in [-0.1, -0.05) is 12.1 Å². The number of nitrogens with one attached hydrogen (secondary N) is 1. The predicted molar refractivity (Wildman–Crippen MR) is 79.2 cm³/mol. The lowest BCUT2D eigenvalue weighted by Crippen LogP contribution is -2.23. The summed E-state index contributed by atoms with van der Waals surface area (Å²) in [5.41, 5.74) is -1.29. The van der Waals surface area contributed by atoms with Crippen molar-refractivity contribution in [3.05, 3.63) is 55.7 Å². The molecule has 0 unspecified atom stereocenters. The first kappa shape index (κ1) is 17.0. The van der Waals surface area contributed by atoms with Crippen molar-refractivity contribution in [2.45, 2.75) is 26.3 Å². The van der Waals surface area contributed by atoms with Gasteiger partial charge in [0, 0.05) is 18.6 Å². The zero-order valence-electron chi connectivity index (χ0n) is 12.6. The Morgan fingerprint density at radius 3 is 2.38 bits per heavy atom. The first-order chi connectivity index (χ1) is 11.4. The summed E-state index contributed by atoms with van der Waals surface area (Å²) in [5, 5.41) is 27.7. The highest BCUT2D eigenvalue weighted by molar-refractivity contribution is 5.95. The molecule has 0 bridgehead atoms. The molecule has 0 aliphatic carbocycles. The Balaban J connectivity index is 2.13. The third-order valence-electron chi connectivity index (χ3n) is 2.97. The van der Waals surface area contributed by atoms with Crippen molar-refractivity contribution in [2.24, 2.45) is 0 Å². The van der Waals surface area contributed by atoms with Gasteiger partial charge in [-0.25, -0.2) is 0 Å². The van der Waals surface area contributed by atoms with Gasteiger partial charge in [-0.15, -0.1) is 0 Å². The van der Waals surface area contributed by atoms with Crippen molar-refractivity contribution < 1.29 is 19.2 Å². The summed E-state index contributed by atoms with van der Waals surface area (Å²) < 4.78 is 4.95. The molecule has 0 spiro atoms. The molecule has 1 aromatic carbocycles. The Kier molecular flexibility index (Phi) is 5.14. The van der Waals surface area contributed by atoms with E-state index in [9.17, 15) is 25.0 Å². The Hall–Kier alpha value is -3.37. The molecule has 0 saturated heterocycles. The molecular formula is C13H13N5O6.